The molecule has 3 heterocycles. The fourth-order valence-electron chi connectivity index (χ4n) is 2.29. The summed E-state index contributed by atoms with van der Waals surface area (Å²) >= 11 is 0. The van der Waals surface area contributed by atoms with Crippen LogP contribution in [0.25, 0.3) is 5.65 Å². The Bertz CT molecular complexity index is 665. The SMILES string of the molecule is Cc1nc(OCC2CNCC(C)O2)cc2n[nH]c(=O)n12. The molecule has 3 rings (SSSR count). The summed E-state index contributed by atoms with van der Waals surface area (Å²) in [5, 5.41) is 9.57. The van der Waals surface area contributed by atoms with E-state index in [1.54, 1.807) is 13.0 Å². The van der Waals surface area contributed by atoms with Gasteiger partial charge in [-0.15, -0.1) is 0 Å². The van der Waals surface area contributed by atoms with Crippen LogP contribution in [0, 0.1) is 6.92 Å². The van der Waals surface area contributed by atoms with Crippen molar-refractivity contribution in [1.82, 2.24) is 24.9 Å². The molecule has 0 bridgehead atoms. The summed E-state index contributed by atoms with van der Waals surface area (Å²) < 4.78 is 12.8. The third-order valence-electron chi connectivity index (χ3n) is 3.19. The number of nitrogens with zero attached hydrogens (tertiary/aromatic N) is 3. The summed E-state index contributed by atoms with van der Waals surface area (Å²) in [4.78, 5) is 15.7. The van der Waals surface area contributed by atoms with Crippen molar-refractivity contribution in [2.45, 2.75) is 26.1 Å². The number of aromatic amines is 1. The molecule has 2 atom stereocenters. The third kappa shape index (κ3) is 2.52. The highest BCUT2D eigenvalue weighted by Crippen LogP contribution is 2.12. The van der Waals surface area contributed by atoms with Crippen molar-refractivity contribution in [3.63, 3.8) is 0 Å². The maximum atomic E-state index is 11.5. The molecule has 0 radical (unpaired) electrons. The zero-order chi connectivity index (χ0) is 14.1. The summed E-state index contributed by atoms with van der Waals surface area (Å²) in [5.41, 5.74) is 0.193. The van der Waals surface area contributed by atoms with Crippen molar-refractivity contribution in [3.05, 3.63) is 22.4 Å². The van der Waals surface area contributed by atoms with Crippen LogP contribution in [0.5, 0.6) is 5.88 Å². The van der Waals surface area contributed by atoms with E-state index in [-0.39, 0.29) is 17.9 Å². The first-order chi connectivity index (χ1) is 9.63. The van der Waals surface area contributed by atoms with Gasteiger partial charge in [-0.05, 0) is 13.8 Å². The first-order valence-corrected chi connectivity index (χ1v) is 6.57. The molecule has 0 amide bonds. The van der Waals surface area contributed by atoms with Gasteiger partial charge in [-0.1, -0.05) is 0 Å². The Kier molecular flexibility index (Phi) is 3.41. The molecule has 2 N–H and O–H groups in total. The van der Waals surface area contributed by atoms with Gasteiger partial charge in [0.05, 0.1) is 6.10 Å². The smallest absolute Gasteiger partial charge is 0.349 e. The zero-order valence-corrected chi connectivity index (χ0v) is 11.4. The van der Waals surface area contributed by atoms with Crippen LogP contribution in [0.2, 0.25) is 0 Å². The quantitative estimate of drug-likeness (QED) is 0.785. The van der Waals surface area contributed by atoms with Gasteiger partial charge in [0.2, 0.25) is 5.88 Å². The Morgan fingerprint density at radius 3 is 3.20 bits per heavy atom. The summed E-state index contributed by atoms with van der Waals surface area (Å²) in [6, 6.07) is 1.63. The molecule has 108 valence electrons. The predicted octanol–water partition coefficient (Wildman–Crippen LogP) is -0.518. The van der Waals surface area contributed by atoms with E-state index >= 15 is 0 Å². The van der Waals surface area contributed by atoms with Crippen LogP contribution in [0.4, 0.5) is 0 Å². The van der Waals surface area contributed by atoms with Gasteiger partial charge in [0.25, 0.3) is 0 Å². The minimum Gasteiger partial charge on any atom is -0.475 e. The second kappa shape index (κ2) is 5.22. The summed E-state index contributed by atoms with van der Waals surface area (Å²) in [5.74, 6) is 0.975. The molecule has 0 aliphatic carbocycles. The predicted molar refractivity (Wildman–Crippen MR) is 71.0 cm³/mol. The van der Waals surface area contributed by atoms with Gasteiger partial charge in [0.1, 0.15) is 18.5 Å². The van der Waals surface area contributed by atoms with Crippen molar-refractivity contribution >= 4 is 5.65 Å². The topological polar surface area (TPSA) is 93.5 Å². The lowest BCUT2D eigenvalue weighted by Crippen LogP contribution is -2.45. The molecule has 2 aromatic heterocycles. The molecule has 8 nitrogen and oxygen atoms in total. The van der Waals surface area contributed by atoms with Crippen LogP contribution in [0.3, 0.4) is 0 Å². The first-order valence-electron chi connectivity index (χ1n) is 6.57. The summed E-state index contributed by atoms with van der Waals surface area (Å²) in [6.45, 7) is 5.78. The number of nitrogens with one attached hydrogen (secondary N) is 2. The Morgan fingerprint density at radius 1 is 1.55 bits per heavy atom. The highest BCUT2D eigenvalue weighted by molar-refractivity contribution is 5.40. The van der Waals surface area contributed by atoms with Crippen molar-refractivity contribution in [2.24, 2.45) is 0 Å². The minimum absolute atomic E-state index is 0.00143. The minimum atomic E-state index is -0.301. The van der Waals surface area contributed by atoms with Gasteiger partial charge < -0.3 is 14.8 Å². The molecule has 20 heavy (non-hydrogen) atoms. The molecule has 1 aliphatic rings. The molecule has 0 saturated carbocycles. The van der Waals surface area contributed by atoms with Crippen molar-refractivity contribution in [2.75, 3.05) is 19.7 Å². The number of aromatic nitrogens is 4. The van der Waals surface area contributed by atoms with E-state index in [2.05, 4.69) is 20.5 Å². The van der Waals surface area contributed by atoms with Gasteiger partial charge >= 0.3 is 5.69 Å². The molecule has 2 aromatic rings. The average Bonchev–Trinajstić information content (AvgIpc) is 2.79. The Balaban J connectivity index is 1.73. The van der Waals surface area contributed by atoms with E-state index < -0.39 is 0 Å². The Morgan fingerprint density at radius 2 is 2.40 bits per heavy atom. The van der Waals surface area contributed by atoms with Crippen LogP contribution in [0.1, 0.15) is 12.7 Å². The monoisotopic (exact) mass is 279 g/mol. The number of H-pyrrole nitrogens is 1. The summed E-state index contributed by atoms with van der Waals surface area (Å²) in [6.07, 6.45) is 0.179. The van der Waals surface area contributed by atoms with Crippen molar-refractivity contribution in [1.29, 1.82) is 0 Å². The lowest BCUT2D eigenvalue weighted by molar-refractivity contribution is -0.0476. The van der Waals surface area contributed by atoms with Gasteiger partial charge in [-0.2, -0.15) is 10.1 Å². The number of aryl methyl sites for hydroxylation is 1. The fourth-order valence-corrected chi connectivity index (χ4v) is 2.29. The third-order valence-corrected chi connectivity index (χ3v) is 3.19. The second-order valence-corrected chi connectivity index (χ2v) is 4.90. The van der Waals surface area contributed by atoms with E-state index in [0.717, 1.165) is 13.1 Å². The van der Waals surface area contributed by atoms with Crippen LogP contribution < -0.4 is 15.7 Å². The fraction of sp³-hybridized carbons (Fsp3) is 0.583. The largest absolute Gasteiger partial charge is 0.475 e. The van der Waals surface area contributed by atoms with Crippen LogP contribution in [-0.4, -0.2) is 51.5 Å². The van der Waals surface area contributed by atoms with Gasteiger partial charge in [0.15, 0.2) is 5.65 Å². The first kappa shape index (κ1) is 13.1. The molecule has 8 heteroatoms. The number of morpholine rings is 1. The molecule has 1 aliphatic heterocycles. The number of rotatable bonds is 3. The van der Waals surface area contributed by atoms with Crippen LogP contribution in [-0.2, 0) is 4.74 Å². The molecule has 0 spiro atoms. The standard InChI is InChI=1S/C12H17N5O3/c1-7-4-13-5-9(20-7)6-19-11-3-10-15-16-12(18)17(10)8(2)14-11/h3,7,9,13H,4-6H2,1-2H3,(H,16,18). The van der Waals surface area contributed by atoms with Crippen LogP contribution >= 0.6 is 0 Å². The Labute approximate surface area is 115 Å². The zero-order valence-electron chi connectivity index (χ0n) is 11.4. The van der Waals surface area contributed by atoms with Crippen molar-refractivity contribution in [3.8, 4) is 5.88 Å². The number of hydrogen-bond donors (Lipinski definition) is 2. The second-order valence-electron chi connectivity index (χ2n) is 4.90. The maximum absolute atomic E-state index is 11.5. The van der Waals surface area contributed by atoms with Gasteiger partial charge in [0, 0.05) is 19.2 Å². The highest BCUT2D eigenvalue weighted by atomic mass is 16.5. The molecule has 1 saturated heterocycles. The lowest BCUT2D eigenvalue weighted by Gasteiger charge is -2.28. The average molecular weight is 279 g/mol. The lowest BCUT2D eigenvalue weighted by atomic mass is 10.2. The molecular formula is C12H17N5O3. The summed E-state index contributed by atoms with van der Waals surface area (Å²) in [7, 11) is 0. The normalized spacial score (nSPS) is 23.1. The molecule has 0 aromatic carbocycles. The van der Waals surface area contributed by atoms with E-state index in [0.29, 0.717) is 24.0 Å². The number of ether oxygens (including phenoxy) is 2. The van der Waals surface area contributed by atoms with Crippen LogP contribution in [0.15, 0.2) is 10.9 Å². The van der Waals surface area contributed by atoms with E-state index in [1.807, 2.05) is 6.92 Å². The van der Waals surface area contributed by atoms with E-state index in [1.165, 1.54) is 4.40 Å². The number of fused-ring (bicyclic) bond motifs is 1. The van der Waals surface area contributed by atoms with Gasteiger partial charge in [-0.25, -0.2) is 14.3 Å². The van der Waals surface area contributed by atoms with E-state index in [9.17, 15) is 4.79 Å². The number of hydrogen-bond acceptors (Lipinski definition) is 6. The highest BCUT2D eigenvalue weighted by Gasteiger charge is 2.19. The molecule has 1 fully saturated rings. The molecular weight excluding hydrogens is 262 g/mol. The Hall–Kier alpha value is -1.93. The van der Waals surface area contributed by atoms with E-state index in [4.69, 9.17) is 9.47 Å². The van der Waals surface area contributed by atoms with Crippen molar-refractivity contribution < 1.29 is 9.47 Å². The molecule has 2 unspecified atom stereocenters. The van der Waals surface area contributed by atoms with Gasteiger partial charge in [-0.3, -0.25) is 0 Å². The maximum Gasteiger partial charge on any atom is 0.349 e.